The highest BCUT2D eigenvalue weighted by Crippen LogP contribution is 2.02. The summed E-state index contributed by atoms with van der Waals surface area (Å²) in [7, 11) is 1.97. The Morgan fingerprint density at radius 2 is 1.94 bits per heavy atom. The fourth-order valence-corrected chi connectivity index (χ4v) is 1.57. The van der Waals surface area contributed by atoms with Crippen LogP contribution in [-0.4, -0.2) is 26.8 Å². The Morgan fingerprint density at radius 3 is 2.50 bits per heavy atom. The van der Waals surface area contributed by atoms with Gasteiger partial charge in [-0.3, -0.25) is 4.68 Å². The van der Waals surface area contributed by atoms with Crippen LogP contribution in [0.4, 0.5) is 0 Å². The molecular formula is C12H24N4. The molecule has 0 saturated heterocycles. The Hall–Kier alpha value is -0.900. The predicted octanol–water partition coefficient (Wildman–Crippen LogP) is 1.70. The lowest BCUT2D eigenvalue weighted by Gasteiger charge is -2.20. The van der Waals surface area contributed by atoms with Gasteiger partial charge in [0.1, 0.15) is 5.82 Å². The lowest BCUT2D eigenvalue weighted by Crippen LogP contribution is -2.37. The molecule has 0 radical (unpaired) electrons. The first-order chi connectivity index (χ1) is 7.42. The highest BCUT2D eigenvalue weighted by Gasteiger charge is 2.10. The molecule has 0 aliphatic rings. The highest BCUT2D eigenvalue weighted by atomic mass is 15.3. The molecule has 0 spiro atoms. The van der Waals surface area contributed by atoms with E-state index in [1.165, 1.54) is 0 Å². The highest BCUT2D eigenvalue weighted by molar-refractivity contribution is 4.93. The van der Waals surface area contributed by atoms with Crippen molar-refractivity contribution in [2.24, 2.45) is 7.05 Å². The molecule has 1 rings (SSSR count). The monoisotopic (exact) mass is 224 g/mol. The number of rotatable bonds is 5. The van der Waals surface area contributed by atoms with E-state index in [9.17, 15) is 0 Å². The van der Waals surface area contributed by atoms with Crippen LogP contribution >= 0.6 is 0 Å². The minimum atomic E-state index is 0.171. The van der Waals surface area contributed by atoms with Crippen LogP contribution in [0, 0.1) is 0 Å². The van der Waals surface area contributed by atoms with Gasteiger partial charge in [-0.05, 0) is 27.2 Å². The molecule has 0 atom stereocenters. The van der Waals surface area contributed by atoms with Gasteiger partial charge in [-0.25, -0.2) is 4.98 Å². The quantitative estimate of drug-likeness (QED) is 0.828. The molecule has 4 heteroatoms. The van der Waals surface area contributed by atoms with Gasteiger partial charge in [-0.1, -0.05) is 6.92 Å². The van der Waals surface area contributed by atoms with E-state index < -0.39 is 0 Å². The Bertz CT molecular complexity index is 322. The summed E-state index contributed by atoms with van der Waals surface area (Å²) < 4.78 is 1.90. The first-order valence-electron chi connectivity index (χ1n) is 6.06. The third-order valence-corrected chi connectivity index (χ3v) is 2.37. The lowest BCUT2D eigenvalue weighted by atomic mass is 10.1. The molecule has 1 aromatic heterocycles. The molecule has 92 valence electrons. The summed E-state index contributed by atoms with van der Waals surface area (Å²) in [6.07, 6.45) is 3.01. The smallest absolute Gasteiger partial charge is 0.150 e. The third kappa shape index (κ3) is 4.31. The van der Waals surface area contributed by atoms with Crippen LogP contribution in [0.5, 0.6) is 0 Å². The number of nitrogens with one attached hydrogen (secondary N) is 1. The van der Waals surface area contributed by atoms with Crippen LogP contribution in [0.3, 0.4) is 0 Å². The summed E-state index contributed by atoms with van der Waals surface area (Å²) in [4.78, 5) is 4.53. The topological polar surface area (TPSA) is 42.7 Å². The number of hydrogen-bond acceptors (Lipinski definition) is 3. The predicted molar refractivity (Wildman–Crippen MR) is 66.5 cm³/mol. The average Bonchev–Trinajstić information content (AvgIpc) is 2.45. The largest absolute Gasteiger partial charge is 0.312 e. The van der Waals surface area contributed by atoms with E-state index >= 15 is 0 Å². The van der Waals surface area contributed by atoms with Gasteiger partial charge in [0, 0.05) is 32.0 Å². The van der Waals surface area contributed by atoms with E-state index in [4.69, 9.17) is 0 Å². The Morgan fingerprint density at radius 1 is 1.25 bits per heavy atom. The standard InChI is InChI=1S/C12H24N4/c1-6-7-10-14-11(16(5)15-10)8-9-13-12(2,3)4/h13H,6-9H2,1-5H3. The second-order valence-corrected chi connectivity index (χ2v) is 5.24. The van der Waals surface area contributed by atoms with Gasteiger partial charge in [0.25, 0.3) is 0 Å². The molecule has 0 saturated carbocycles. The van der Waals surface area contributed by atoms with E-state index in [2.05, 4.69) is 43.1 Å². The normalized spacial score (nSPS) is 12.1. The maximum atomic E-state index is 4.53. The van der Waals surface area contributed by atoms with E-state index in [-0.39, 0.29) is 5.54 Å². The van der Waals surface area contributed by atoms with Gasteiger partial charge in [-0.15, -0.1) is 0 Å². The van der Waals surface area contributed by atoms with Crippen molar-refractivity contribution in [3.8, 4) is 0 Å². The Labute approximate surface area is 98.5 Å². The van der Waals surface area contributed by atoms with Gasteiger partial charge in [0.05, 0.1) is 0 Å². The molecule has 1 N–H and O–H groups in total. The summed E-state index contributed by atoms with van der Waals surface area (Å²) in [5, 5.41) is 7.85. The summed E-state index contributed by atoms with van der Waals surface area (Å²) in [5.74, 6) is 2.04. The second kappa shape index (κ2) is 5.43. The molecular weight excluding hydrogens is 200 g/mol. The van der Waals surface area contributed by atoms with Crippen molar-refractivity contribution >= 4 is 0 Å². The second-order valence-electron chi connectivity index (χ2n) is 5.24. The van der Waals surface area contributed by atoms with Gasteiger partial charge < -0.3 is 5.32 Å². The molecule has 4 nitrogen and oxygen atoms in total. The maximum Gasteiger partial charge on any atom is 0.150 e. The van der Waals surface area contributed by atoms with Crippen LogP contribution in [0.1, 0.15) is 45.8 Å². The van der Waals surface area contributed by atoms with E-state index in [0.717, 1.165) is 37.5 Å². The molecule has 0 amide bonds. The van der Waals surface area contributed by atoms with Crippen molar-refractivity contribution in [1.29, 1.82) is 0 Å². The van der Waals surface area contributed by atoms with Crippen LogP contribution in [0.15, 0.2) is 0 Å². The van der Waals surface area contributed by atoms with Crippen molar-refractivity contribution in [3.05, 3.63) is 11.6 Å². The maximum absolute atomic E-state index is 4.53. The van der Waals surface area contributed by atoms with E-state index in [1.54, 1.807) is 0 Å². The number of aryl methyl sites for hydroxylation is 2. The van der Waals surface area contributed by atoms with E-state index in [0.29, 0.717) is 0 Å². The first kappa shape index (κ1) is 13.2. The SMILES string of the molecule is CCCc1nc(CCNC(C)(C)C)n(C)n1. The summed E-state index contributed by atoms with van der Waals surface area (Å²) in [6, 6.07) is 0. The van der Waals surface area contributed by atoms with Gasteiger partial charge in [0.15, 0.2) is 5.82 Å². The zero-order valence-corrected chi connectivity index (χ0v) is 11.2. The molecule has 0 aliphatic carbocycles. The fourth-order valence-electron chi connectivity index (χ4n) is 1.57. The van der Waals surface area contributed by atoms with Crippen LogP contribution < -0.4 is 5.32 Å². The molecule has 0 aromatic carbocycles. The molecule has 0 aliphatic heterocycles. The van der Waals surface area contributed by atoms with Crippen molar-refractivity contribution < 1.29 is 0 Å². The molecule has 1 aromatic rings. The minimum absolute atomic E-state index is 0.171. The van der Waals surface area contributed by atoms with Gasteiger partial charge in [-0.2, -0.15) is 5.10 Å². The Kier molecular flexibility index (Phi) is 4.47. The van der Waals surface area contributed by atoms with Gasteiger partial charge >= 0.3 is 0 Å². The molecule has 0 bridgehead atoms. The van der Waals surface area contributed by atoms with Crippen LogP contribution in [-0.2, 0) is 19.9 Å². The zero-order chi connectivity index (χ0) is 12.2. The lowest BCUT2D eigenvalue weighted by molar-refractivity contribution is 0.425. The average molecular weight is 224 g/mol. The van der Waals surface area contributed by atoms with Crippen LogP contribution in [0.2, 0.25) is 0 Å². The van der Waals surface area contributed by atoms with Crippen molar-refractivity contribution in [1.82, 2.24) is 20.1 Å². The van der Waals surface area contributed by atoms with Crippen LogP contribution in [0.25, 0.3) is 0 Å². The summed E-state index contributed by atoms with van der Waals surface area (Å²) in [5.41, 5.74) is 0.171. The van der Waals surface area contributed by atoms with Gasteiger partial charge in [0.2, 0.25) is 0 Å². The number of hydrogen-bond donors (Lipinski definition) is 1. The molecule has 0 unspecified atom stereocenters. The summed E-state index contributed by atoms with van der Waals surface area (Å²) in [6.45, 7) is 9.61. The van der Waals surface area contributed by atoms with Crippen molar-refractivity contribution in [2.45, 2.75) is 52.5 Å². The zero-order valence-electron chi connectivity index (χ0n) is 11.2. The Balaban J connectivity index is 2.47. The number of nitrogens with zero attached hydrogens (tertiary/aromatic N) is 3. The molecule has 0 fully saturated rings. The van der Waals surface area contributed by atoms with Crippen molar-refractivity contribution in [2.75, 3.05) is 6.54 Å². The summed E-state index contributed by atoms with van der Waals surface area (Å²) >= 11 is 0. The molecule has 16 heavy (non-hydrogen) atoms. The fraction of sp³-hybridized carbons (Fsp3) is 0.833. The molecule has 1 heterocycles. The minimum Gasteiger partial charge on any atom is -0.312 e. The number of aromatic nitrogens is 3. The third-order valence-electron chi connectivity index (χ3n) is 2.37. The van der Waals surface area contributed by atoms with E-state index in [1.807, 2.05) is 11.7 Å². The first-order valence-corrected chi connectivity index (χ1v) is 6.06. The van der Waals surface area contributed by atoms with Crippen molar-refractivity contribution in [3.63, 3.8) is 0 Å².